The van der Waals surface area contributed by atoms with E-state index in [2.05, 4.69) is 9.97 Å². The number of carbonyl (C=O) groups excluding carboxylic acids is 1. The van der Waals surface area contributed by atoms with Crippen LogP contribution in [0, 0.1) is 0 Å². The zero-order valence-corrected chi connectivity index (χ0v) is 8.88. The highest BCUT2D eigenvalue weighted by Crippen LogP contribution is 2.05. The summed E-state index contributed by atoms with van der Waals surface area (Å²) in [5, 5.41) is 9.02. The van der Waals surface area contributed by atoms with Gasteiger partial charge in [-0.2, -0.15) is 0 Å². The highest BCUT2D eigenvalue weighted by molar-refractivity contribution is 5.84. The molecule has 4 N–H and O–H groups in total. The summed E-state index contributed by atoms with van der Waals surface area (Å²) in [6.45, 7) is -0.205. The Bertz CT molecular complexity index is 363. The van der Waals surface area contributed by atoms with E-state index in [1.54, 1.807) is 0 Å². The Kier molecular flexibility index (Phi) is 4.01. The second-order valence-electron chi connectivity index (χ2n) is 3.34. The van der Waals surface area contributed by atoms with Crippen molar-refractivity contribution >= 4 is 11.9 Å². The van der Waals surface area contributed by atoms with E-state index in [9.17, 15) is 9.59 Å². The van der Waals surface area contributed by atoms with Gasteiger partial charge in [-0.15, -0.1) is 0 Å². The summed E-state index contributed by atoms with van der Waals surface area (Å²) < 4.78 is 0. The first kappa shape index (κ1) is 12.2. The van der Waals surface area contributed by atoms with Gasteiger partial charge in [0.05, 0.1) is 12.9 Å². The van der Waals surface area contributed by atoms with Crippen LogP contribution in [0.1, 0.15) is 5.69 Å². The average molecular weight is 226 g/mol. The molecule has 0 aliphatic carbocycles. The summed E-state index contributed by atoms with van der Waals surface area (Å²) in [5.41, 5.74) is 5.84. The lowest BCUT2D eigenvalue weighted by molar-refractivity contribution is -0.148. The minimum absolute atomic E-state index is 0.178. The second-order valence-corrected chi connectivity index (χ2v) is 3.34. The number of aliphatic carboxylic acids is 1. The molecule has 1 aromatic heterocycles. The van der Waals surface area contributed by atoms with E-state index in [1.165, 1.54) is 19.6 Å². The lowest BCUT2D eigenvalue weighted by atomic mass is 10.1. The van der Waals surface area contributed by atoms with Crippen LogP contribution >= 0.6 is 0 Å². The number of aromatic nitrogens is 2. The molecule has 0 saturated heterocycles. The summed E-state index contributed by atoms with van der Waals surface area (Å²) in [4.78, 5) is 30.0. The van der Waals surface area contributed by atoms with E-state index in [0.29, 0.717) is 5.69 Å². The maximum absolute atomic E-state index is 11.3. The molecule has 0 aliphatic rings. The number of aromatic amines is 1. The molecule has 1 aromatic rings. The maximum atomic E-state index is 11.3. The van der Waals surface area contributed by atoms with Crippen LogP contribution in [0.3, 0.4) is 0 Å². The monoisotopic (exact) mass is 226 g/mol. The van der Waals surface area contributed by atoms with Gasteiger partial charge >= 0.3 is 5.97 Å². The number of hydrogen-bond donors (Lipinski definition) is 3. The van der Waals surface area contributed by atoms with Gasteiger partial charge < -0.3 is 20.7 Å². The molecule has 1 amide bonds. The summed E-state index contributed by atoms with van der Waals surface area (Å²) in [6.07, 6.45) is 3.16. The molecule has 16 heavy (non-hydrogen) atoms. The van der Waals surface area contributed by atoms with Gasteiger partial charge in [0.1, 0.15) is 6.04 Å². The normalized spacial score (nSPS) is 12.1. The Labute approximate surface area is 92.3 Å². The number of nitrogens with zero attached hydrogens (tertiary/aromatic N) is 2. The second kappa shape index (κ2) is 5.26. The fourth-order valence-electron chi connectivity index (χ4n) is 1.31. The van der Waals surface area contributed by atoms with Crippen molar-refractivity contribution in [3.63, 3.8) is 0 Å². The SMILES string of the molecule is CN(C(=O)CN)C(Cc1cnc[nH]1)C(=O)O. The number of carboxylic acid groups (broad SMARTS) is 1. The third-order valence-corrected chi connectivity index (χ3v) is 2.29. The van der Waals surface area contributed by atoms with Crippen molar-refractivity contribution in [1.29, 1.82) is 0 Å². The standard InChI is InChI=1S/C9H14N4O3/c1-13(8(14)3-10)7(9(15)16)2-6-4-11-5-12-6/h4-5,7H,2-3,10H2,1H3,(H,11,12)(H,15,16). The zero-order chi connectivity index (χ0) is 12.1. The molecule has 7 heteroatoms. The van der Waals surface area contributed by atoms with Crippen LogP contribution in [0.15, 0.2) is 12.5 Å². The Morgan fingerprint density at radius 1 is 1.69 bits per heavy atom. The number of amides is 1. The number of carbonyl (C=O) groups is 2. The zero-order valence-electron chi connectivity index (χ0n) is 8.88. The largest absolute Gasteiger partial charge is 0.480 e. The molecule has 0 aromatic carbocycles. The van der Waals surface area contributed by atoms with E-state index in [1.807, 2.05) is 0 Å². The smallest absolute Gasteiger partial charge is 0.326 e. The quantitative estimate of drug-likeness (QED) is 0.585. The minimum Gasteiger partial charge on any atom is -0.480 e. The summed E-state index contributed by atoms with van der Waals surface area (Å²) in [5.74, 6) is -1.48. The number of carboxylic acids is 1. The van der Waals surface area contributed by atoms with Gasteiger partial charge in [-0.25, -0.2) is 9.78 Å². The molecule has 0 bridgehead atoms. The minimum atomic E-state index is -1.07. The lowest BCUT2D eigenvalue weighted by Crippen LogP contribution is -2.46. The highest BCUT2D eigenvalue weighted by atomic mass is 16.4. The van der Waals surface area contributed by atoms with E-state index >= 15 is 0 Å². The first-order valence-corrected chi connectivity index (χ1v) is 4.72. The Morgan fingerprint density at radius 2 is 2.38 bits per heavy atom. The number of imidazole rings is 1. The molecular weight excluding hydrogens is 212 g/mol. The first-order chi connectivity index (χ1) is 7.56. The van der Waals surface area contributed by atoms with E-state index in [0.717, 1.165) is 4.90 Å². The van der Waals surface area contributed by atoms with Crippen molar-refractivity contribution in [3.8, 4) is 0 Å². The lowest BCUT2D eigenvalue weighted by Gasteiger charge is -2.23. The van der Waals surface area contributed by atoms with Crippen LogP contribution in [-0.2, 0) is 16.0 Å². The van der Waals surface area contributed by atoms with Crippen LogP contribution < -0.4 is 5.73 Å². The molecule has 88 valence electrons. The number of nitrogens with one attached hydrogen (secondary N) is 1. The third-order valence-electron chi connectivity index (χ3n) is 2.29. The van der Waals surface area contributed by atoms with Crippen LogP contribution in [0.2, 0.25) is 0 Å². The fourth-order valence-corrected chi connectivity index (χ4v) is 1.31. The molecular formula is C9H14N4O3. The average Bonchev–Trinajstić information content (AvgIpc) is 2.76. The van der Waals surface area contributed by atoms with Crippen molar-refractivity contribution < 1.29 is 14.7 Å². The molecule has 0 radical (unpaired) electrons. The van der Waals surface area contributed by atoms with Gasteiger partial charge in [-0.05, 0) is 0 Å². The molecule has 7 nitrogen and oxygen atoms in total. The molecule has 1 rings (SSSR count). The van der Waals surface area contributed by atoms with E-state index in [4.69, 9.17) is 10.8 Å². The number of rotatable bonds is 5. The molecule has 0 fully saturated rings. The fraction of sp³-hybridized carbons (Fsp3) is 0.444. The number of H-pyrrole nitrogens is 1. The Balaban J connectivity index is 2.75. The topological polar surface area (TPSA) is 112 Å². The molecule has 1 unspecified atom stereocenters. The number of nitrogens with two attached hydrogens (primary N) is 1. The van der Waals surface area contributed by atoms with E-state index in [-0.39, 0.29) is 13.0 Å². The third kappa shape index (κ3) is 2.80. The van der Waals surface area contributed by atoms with Crippen LogP contribution in [0.5, 0.6) is 0 Å². The van der Waals surface area contributed by atoms with Crippen molar-refractivity contribution in [2.75, 3.05) is 13.6 Å². The van der Waals surface area contributed by atoms with Gasteiger partial charge in [0.25, 0.3) is 0 Å². The number of hydrogen-bond acceptors (Lipinski definition) is 4. The first-order valence-electron chi connectivity index (χ1n) is 4.72. The van der Waals surface area contributed by atoms with Crippen LogP contribution in [0.4, 0.5) is 0 Å². The van der Waals surface area contributed by atoms with Crippen molar-refractivity contribution in [2.24, 2.45) is 5.73 Å². The molecule has 1 heterocycles. The molecule has 0 aliphatic heterocycles. The van der Waals surface area contributed by atoms with Gasteiger partial charge in [-0.3, -0.25) is 4.79 Å². The number of likely N-dealkylation sites (N-methyl/N-ethyl adjacent to an activating group) is 1. The van der Waals surface area contributed by atoms with Crippen molar-refractivity contribution in [2.45, 2.75) is 12.5 Å². The van der Waals surface area contributed by atoms with Crippen molar-refractivity contribution in [1.82, 2.24) is 14.9 Å². The van der Waals surface area contributed by atoms with Crippen LogP contribution in [-0.4, -0.2) is 51.5 Å². The predicted octanol–water partition coefficient (Wildman–Crippen LogP) is -1.18. The predicted molar refractivity (Wildman–Crippen MR) is 55.5 cm³/mol. The van der Waals surface area contributed by atoms with Gasteiger partial charge in [0, 0.05) is 25.4 Å². The Hall–Kier alpha value is -1.89. The van der Waals surface area contributed by atoms with Gasteiger partial charge in [0.15, 0.2) is 0 Å². The van der Waals surface area contributed by atoms with Crippen LogP contribution in [0.25, 0.3) is 0 Å². The van der Waals surface area contributed by atoms with Gasteiger partial charge in [0.2, 0.25) is 5.91 Å². The molecule has 1 atom stereocenters. The summed E-state index contributed by atoms with van der Waals surface area (Å²) >= 11 is 0. The summed E-state index contributed by atoms with van der Waals surface area (Å²) in [6, 6.07) is -0.934. The maximum Gasteiger partial charge on any atom is 0.326 e. The summed E-state index contributed by atoms with van der Waals surface area (Å²) in [7, 11) is 1.42. The van der Waals surface area contributed by atoms with Crippen molar-refractivity contribution in [3.05, 3.63) is 18.2 Å². The van der Waals surface area contributed by atoms with Gasteiger partial charge in [-0.1, -0.05) is 0 Å². The van der Waals surface area contributed by atoms with E-state index < -0.39 is 17.9 Å². The molecule has 0 saturated carbocycles. The Morgan fingerprint density at radius 3 is 2.81 bits per heavy atom. The molecule has 0 spiro atoms. The highest BCUT2D eigenvalue weighted by Gasteiger charge is 2.26.